The molecular weight excluding hydrogens is 1090 g/mol. The number of esters is 2. The summed E-state index contributed by atoms with van der Waals surface area (Å²) in [5.41, 5.74) is 0. The summed E-state index contributed by atoms with van der Waals surface area (Å²) in [5, 5.41) is 132. The van der Waals surface area contributed by atoms with E-state index in [2.05, 4.69) is 5.32 Å². The fourth-order valence-corrected chi connectivity index (χ4v) is 9.81. The lowest BCUT2D eigenvalue weighted by molar-refractivity contribution is -0.390. The summed E-state index contributed by atoms with van der Waals surface area (Å²) in [6, 6.07) is -1.67. The number of carboxylic acids is 3. The minimum absolute atomic E-state index is 0.809. The van der Waals surface area contributed by atoms with Gasteiger partial charge in [0.2, 0.25) is 5.91 Å². The Kier molecular flexibility index (Phi) is 22.2. The van der Waals surface area contributed by atoms with Crippen molar-refractivity contribution in [3.63, 3.8) is 0 Å². The Morgan fingerprint density at radius 3 is 1.47 bits per heavy atom. The van der Waals surface area contributed by atoms with Crippen molar-refractivity contribution in [1.82, 2.24) is 5.32 Å². The van der Waals surface area contributed by atoms with Crippen molar-refractivity contribution in [3.05, 3.63) is 0 Å². The van der Waals surface area contributed by atoms with E-state index >= 15 is 0 Å². The third-order valence-corrected chi connectivity index (χ3v) is 13.6. The van der Waals surface area contributed by atoms with Crippen LogP contribution < -0.4 is 5.32 Å². The quantitative estimate of drug-likeness (QED) is 0.0504. The molecule has 6 rings (SSSR count). The highest BCUT2D eigenvalue weighted by Crippen LogP contribution is 2.38. The van der Waals surface area contributed by atoms with Gasteiger partial charge in [-0.05, 0) is 6.92 Å². The first-order chi connectivity index (χ1) is 37.2. The van der Waals surface area contributed by atoms with E-state index in [-0.39, 0.29) is 0 Å². The monoisotopic (exact) mass is 1150 g/mol. The molecule has 0 aromatic carbocycles. The van der Waals surface area contributed by atoms with Gasteiger partial charge in [-0.3, -0.25) is 14.4 Å². The number of carbonyl (C=O) groups excluding carboxylic acids is 3. The summed E-state index contributed by atoms with van der Waals surface area (Å²) in [6.07, 6.45) is -53.6. The number of hydrogen-bond acceptors (Lipinski definition) is 31. The van der Waals surface area contributed by atoms with E-state index in [1.165, 1.54) is 6.92 Å². The maximum absolute atomic E-state index is 12.9. The second-order valence-corrected chi connectivity index (χ2v) is 18.9. The summed E-state index contributed by atoms with van der Waals surface area (Å²) in [6.45, 7) is 2.41. The van der Waals surface area contributed by atoms with Crippen LogP contribution in [0.2, 0.25) is 0 Å². The second kappa shape index (κ2) is 27.3. The van der Waals surface area contributed by atoms with Gasteiger partial charge in [0.15, 0.2) is 68.3 Å². The molecule has 29 atom stereocenters. The van der Waals surface area contributed by atoms with E-state index in [1.54, 1.807) is 0 Å². The third kappa shape index (κ3) is 14.0. The molecule has 0 aliphatic carbocycles. The molecule has 1 amide bonds. The number of methoxy groups -OCH3 is 3. The van der Waals surface area contributed by atoms with Crippen molar-refractivity contribution in [2.24, 2.45) is 0 Å². The lowest BCUT2D eigenvalue weighted by atomic mass is 9.95. The predicted molar refractivity (Wildman–Crippen MR) is 238 cm³/mol. The highest BCUT2D eigenvalue weighted by Gasteiger charge is 2.60. The molecule has 0 saturated carbocycles. The molecule has 0 bridgehead atoms. The first-order valence-corrected chi connectivity index (χ1v) is 24.3. The van der Waals surface area contributed by atoms with Crippen molar-refractivity contribution >= 4 is 35.8 Å². The normalized spacial score (nSPS) is 45.6. The zero-order valence-corrected chi connectivity index (χ0v) is 43.0. The van der Waals surface area contributed by atoms with Crippen molar-refractivity contribution in [2.75, 3.05) is 34.5 Å². The molecule has 6 heterocycles. The first-order valence-electron chi connectivity index (χ1n) is 24.3. The van der Waals surface area contributed by atoms with Gasteiger partial charge in [0.05, 0.1) is 19.3 Å². The number of ether oxygens (including phenoxy) is 16. The number of amides is 1. The van der Waals surface area contributed by atoms with Gasteiger partial charge in [-0.2, -0.15) is 0 Å². The zero-order chi connectivity index (χ0) is 58.6. The molecule has 6 aliphatic rings. The van der Waals surface area contributed by atoms with Gasteiger partial charge < -0.3 is 142 Å². The number of carbonyl (C=O) groups is 6. The summed E-state index contributed by atoms with van der Waals surface area (Å²) < 4.78 is 89.3. The molecule has 0 aromatic heterocycles. The van der Waals surface area contributed by atoms with E-state index in [0.29, 0.717) is 0 Å². The number of aliphatic carboxylic acids is 3. The van der Waals surface area contributed by atoms with Crippen LogP contribution in [-0.2, 0) is 105 Å². The van der Waals surface area contributed by atoms with Crippen molar-refractivity contribution in [3.8, 4) is 0 Å². The molecular formula is C44H67NO34. The van der Waals surface area contributed by atoms with Gasteiger partial charge in [0.25, 0.3) is 0 Å². The average Bonchev–Trinajstić information content (AvgIpc) is 3.52. The van der Waals surface area contributed by atoms with E-state index < -0.39 is 227 Å². The van der Waals surface area contributed by atoms with Crippen LogP contribution in [0.4, 0.5) is 0 Å². The molecule has 0 spiro atoms. The molecule has 6 saturated heterocycles. The Bertz CT molecular complexity index is 2090. The van der Waals surface area contributed by atoms with Crippen molar-refractivity contribution < 1.29 is 166 Å². The van der Waals surface area contributed by atoms with Crippen LogP contribution in [0.1, 0.15) is 27.7 Å². The summed E-state index contributed by atoms with van der Waals surface area (Å²) >= 11 is 0. The molecule has 13 N–H and O–H groups in total. The SMILES string of the molecule is CO[C@@H]1[C@@H](O[C@H]2[C@H](O)[C@H](O[C@H]3O[C@H](C(=O)O)[C@@H](O[C@@H]4OC[C@@H](O[C@@H]5O[C@H](C(=O)O)[C@@H](O[C@@H]6O[C@H](C(=O)O)[C@@H](OC)[C@H](O)[C@H]6NC(C)=O)[C@H](O)[C@H]5O)[C@H](OC(C)=O)[C@H]4OC(C)=O)[C@H](O)[C@H]3OC)[C@@H](O)O[C@@H]2CO)O[C@H](C)[C@@H](O)[C@@H]1O. The molecule has 6 fully saturated rings. The van der Waals surface area contributed by atoms with Crippen molar-refractivity contribution in [2.45, 2.75) is 206 Å². The van der Waals surface area contributed by atoms with Crippen molar-refractivity contribution in [1.29, 1.82) is 0 Å². The third-order valence-electron chi connectivity index (χ3n) is 13.6. The zero-order valence-electron chi connectivity index (χ0n) is 43.0. The average molecular weight is 1150 g/mol. The van der Waals surface area contributed by atoms with Gasteiger partial charge >= 0.3 is 29.8 Å². The Morgan fingerprint density at radius 2 is 0.924 bits per heavy atom. The number of aliphatic hydroxyl groups is 9. The number of aliphatic hydroxyl groups excluding tert-OH is 9. The highest BCUT2D eigenvalue weighted by atomic mass is 16.8. The molecule has 452 valence electrons. The number of rotatable bonds is 20. The van der Waals surface area contributed by atoms with E-state index in [9.17, 15) is 90.0 Å². The smallest absolute Gasteiger partial charge is 0.335 e. The summed E-state index contributed by atoms with van der Waals surface area (Å²) in [5.74, 6) is -8.49. The fraction of sp³-hybridized carbons (Fsp3) is 0.864. The van der Waals surface area contributed by atoms with Gasteiger partial charge in [0, 0.05) is 42.1 Å². The molecule has 0 radical (unpaired) electrons. The first kappa shape index (κ1) is 64.1. The fourth-order valence-electron chi connectivity index (χ4n) is 9.81. The van der Waals surface area contributed by atoms with Gasteiger partial charge in [-0.25, -0.2) is 14.4 Å². The topological polar surface area (TPSA) is 505 Å². The van der Waals surface area contributed by atoms with Crippen LogP contribution in [0.25, 0.3) is 0 Å². The largest absolute Gasteiger partial charge is 0.479 e. The lowest BCUT2D eigenvalue weighted by Gasteiger charge is -2.49. The predicted octanol–water partition coefficient (Wildman–Crippen LogP) is -8.91. The Labute approximate surface area is 446 Å². The lowest BCUT2D eigenvalue weighted by Crippen LogP contribution is -2.69. The van der Waals surface area contributed by atoms with E-state index in [4.69, 9.17) is 75.8 Å². The minimum Gasteiger partial charge on any atom is -0.479 e. The maximum Gasteiger partial charge on any atom is 0.335 e. The van der Waals surface area contributed by atoms with Crippen LogP contribution in [0.3, 0.4) is 0 Å². The number of hydrogen-bond donors (Lipinski definition) is 13. The van der Waals surface area contributed by atoms with Crippen LogP contribution >= 0.6 is 0 Å². The van der Waals surface area contributed by atoms with Gasteiger partial charge in [-0.15, -0.1) is 0 Å². The van der Waals surface area contributed by atoms with Crippen LogP contribution in [0.5, 0.6) is 0 Å². The van der Waals surface area contributed by atoms with E-state index in [0.717, 1.165) is 42.1 Å². The summed E-state index contributed by atoms with van der Waals surface area (Å²) in [7, 11) is 3.19. The number of carboxylic acid groups (broad SMARTS) is 3. The Hall–Kier alpha value is -4.10. The maximum atomic E-state index is 12.9. The van der Waals surface area contributed by atoms with Gasteiger partial charge in [0.1, 0.15) is 104 Å². The van der Waals surface area contributed by atoms with Crippen LogP contribution in [0, 0.1) is 0 Å². The standard InChI is InChI=1S/C44H67NO34/c1-10-17(50)19(52)30(65-6)43(68-10)73-24-14(8-46)71-39(63)29(22(24)55)76-44-31(66-7)23(56)28(34(79-44)38(61)62)75-42-35(70-13(4)49)25(69-12(3)48)15(9-67-42)72-41-21(54)20(53)27(33(78-41)37(59)60)74-40-16(45-11(2)47)18(51)26(64-5)32(77-40)36(57)58/h10,14-35,39-44,46,50-56,63H,8-9H2,1-7H3,(H,45,47)(H,57,58)(H,59,60)(H,61,62)/t10-,14-,15-,16-,17-,18-,19+,20-,21-,22+,23+,24-,25+,26+,27+,28+,29+,30+,31-,32+,33+,34+,35-,39+,40-,41-,42+,43-,44+/m1/s1. The molecule has 0 aromatic rings. The van der Waals surface area contributed by atoms with Crippen LogP contribution in [0.15, 0.2) is 0 Å². The van der Waals surface area contributed by atoms with Crippen LogP contribution in [-0.4, -0.2) is 310 Å². The molecule has 79 heavy (non-hydrogen) atoms. The summed E-state index contributed by atoms with van der Waals surface area (Å²) in [4.78, 5) is 75.1. The Balaban J connectivity index is 1.20. The molecule has 6 aliphatic heterocycles. The second-order valence-electron chi connectivity index (χ2n) is 18.9. The van der Waals surface area contributed by atoms with E-state index in [1.807, 2.05) is 0 Å². The Morgan fingerprint density at radius 1 is 0.468 bits per heavy atom. The minimum atomic E-state index is -2.36. The molecule has 35 heteroatoms. The highest BCUT2D eigenvalue weighted by molar-refractivity contribution is 5.75. The molecule has 35 nitrogen and oxygen atoms in total. The molecule has 0 unspecified atom stereocenters. The van der Waals surface area contributed by atoms with Gasteiger partial charge in [-0.1, -0.05) is 0 Å². The number of nitrogens with one attached hydrogen (secondary N) is 1.